The van der Waals surface area contributed by atoms with Gasteiger partial charge in [-0.15, -0.1) is 0 Å². The molecule has 2 aromatic rings. The van der Waals surface area contributed by atoms with E-state index in [0.717, 1.165) is 11.1 Å². The first-order chi connectivity index (χ1) is 11.3. The predicted molar refractivity (Wildman–Crippen MR) is 92.9 cm³/mol. The third-order valence-electron chi connectivity index (χ3n) is 3.54. The quantitative estimate of drug-likeness (QED) is 0.829. The lowest BCUT2D eigenvalue weighted by Gasteiger charge is -2.06. The molecule has 0 aliphatic carbocycles. The van der Waals surface area contributed by atoms with Gasteiger partial charge in [-0.3, -0.25) is 4.79 Å². The molecule has 0 saturated carbocycles. The van der Waals surface area contributed by atoms with Gasteiger partial charge in [-0.1, -0.05) is 17.9 Å². The number of benzene rings is 2. The van der Waals surface area contributed by atoms with Crippen molar-refractivity contribution in [3.8, 4) is 11.8 Å². The van der Waals surface area contributed by atoms with Gasteiger partial charge in [0, 0.05) is 11.1 Å². The average molecular weight is 342 g/mol. The van der Waals surface area contributed by atoms with Gasteiger partial charge in [0.15, 0.2) is 0 Å². The Morgan fingerprint density at radius 1 is 1.08 bits per heavy atom. The summed E-state index contributed by atoms with van der Waals surface area (Å²) in [5, 5.41) is 0. The number of sulfonamides is 1. The summed E-state index contributed by atoms with van der Waals surface area (Å²) >= 11 is 0. The van der Waals surface area contributed by atoms with Crippen molar-refractivity contribution >= 4 is 15.9 Å². The maximum atomic E-state index is 12.2. The molecule has 0 saturated heterocycles. The number of hydrogen-bond acceptors (Lipinski definition) is 3. The summed E-state index contributed by atoms with van der Waals surface area (Å²) in [7, 11) is -3.59. The molecular formula is C18H18N2O3S. The number of amides is 1. The van der Waals surface area contributed by atoms with E-state index in [2.05, 4.69) is 16.6 Å². The first-order valence-electron chi connectivity index (χ1n) is 7.25. The Kier molecular flexibility index (Phi) is 5.39. The summed E-state index contributed by atoms with van der Waals surface area (Å²) in [5.41, 5.74) is 8.18. The number of aryl methyl sites for hydroxylation is 2. The van der Waals surface area contributed by atoms with Crippen LogP contribution in [0.5, 0.6) is 0 Å². The van der Waals surface area contributed by atoms with Gasteiger partial charge in [-0.25, -0.2) is 8.42 Å². The third-order valence-corrected chi connectivity index (χ3v) is 4.94. The van der Waals surface area contributed by atoms with Crippen LogP contribution in [0.25, 0.3) is 0 Å². The molecule has 0 spiro atoms. The normalized spacial score (nSPS) is 10.8. The van der Waals surface area contributed by atoms with Crippen molar-refractivity contribution in [2.24, 2.45) is 5.73 Å². The topological polar surface area (TPSA) is 89.3 Å². The molecule has 0 aromatic heterocycles. The van der Waals surface area contributed by atoms with Crippen molar-refractivity contribution < 1.29 is 13.2 Å². The summed E-state index contributed by atoms with van der Waals surface area (Å²) in [6.45, 7) is 3.78. The minimum absolute atomic E-state index is 0.00711. The van der Waals surface area contributed by atoms with Crippen LogP contribution in [-0.4, -0.2) is 20.9 Å². The van der Waals surface area contributed by atoms with E-state index in [4.69, 9.17) is 5.73 Å². The zero-order valence-electron chi connectivity index (χ0n) is 13.5. The van der Waals surface area contributed by atoms with Crippen molar-refractivity contribution in [1.29, 1.82) is 0 Å². The average Bonchev–Trinajstić information content (AvgIpc) is 2.54. The maximum Gasteiger partial charge on any atom is 0.248 e. The van der Waals surface area contributed by atoms with E-state index in [1.54, 1.807) is 42.5 Å². The van der Waals surface area contributed by atoms with Crippen LogP contribution >= 0.6 is 0 Å². The van der Waals surface area contributed by atoms with Crippen LogP contribution in [0.1, 0.15) is 27.0 Å². The van der Waals surface area contributed by atoms with E-state index >= 15 is 0 Å². The highest BCUT2D eigenvalue weighted by Gasteiger charge is 2.13. The molecule has 0 bridgehead atoms. The molecule has 0 atom stereocenters. The number of nitrogens with two attached hydrogens (primary N) is 1. The SMILES string of the molecule is Cc1ccc(S(=O)(=O)NCC#Cc2ccc(C(N)=O)cc2)cc1C. The fourth-order valence-electron chi connectivity index (χ4n) is 1.96. The van der Waals surface area contributed by atoms with Crippen molar-refractivity contribution in [3.05, 3.63) is 64.7 Å². The molecule has 5 nitrogen and oxygen atoms in total. The van der Waals surface area contributed by atoms with Crippen molar-refractivity contribution in [2.75, 3.05) is 6.54 Å². The van der Waals surface area contributed by atoms with E-state index < -0.39 is 15.9 Å². The van der Waals surface area contributed by atoms with Crippen LogP contribution in [0.3, 0.4) is 0 Å². The molecule has 0 fully saturated rings. The van der Waals surface area contributed by atoms with Crippen molar-refractivity contribution in [1.82, 2.24) is 4.72 Å². The molecule has 0 unspecified atom stereocenters. The van der Waals surface area contributed by atoms with Crippen LogP contribution in [-0.2, 0) is 10.0 Å². The van der Waals surface area contributed by atoms with Gasteiger partial charge < -0.3 is 5.73 Å². The standard InChI is InChI=1S/C18H18N2O3S/c1-13-5-10-17(12-14(13)2)24(22,23)20-11-3-4-15-6-8-16(9-7-15)18(19)21/h5-10,12,20H,11H2,1-2H3,(H2,19,21). The molecule has 1 amide bonds. The van der Waals surface area contributed by atoms with Crippen LogP contribution in [0, 0.1) is 25.7 Å². The van der Waals surface area contributed by atoms with Crippen LogP contribution in [0.15, 0.2) is 47.4 Å². The predicted octanol–water partition coefficient (Wildman–Crippen LogP) is 1.73. The van der Waals surface area contributed by atoms with Gasteiger partial charge >= 0.3 is 0 Å². The summed E-state index contributed by atoms with van der Waals surface area (Å²) in [4.78, 5) is 11.2. The van der Waals surface area contributed by atoms with E-state index in [9.17, 15) is 13.2 Å². The Morgan fingerprint density at radius 2 is 1.75 bits per heavy atom. The second kappa shape index (κ2) is 7.30. The van der Waals surface area contributed by atoms with Gasteiger partial charge in [0.25, 0.3) is 0 Å². The van der Waals surface area contributed by atoms with E-state index in [0.29, 0.717) is 11.1 Å². The largest absolute Gasteiger partial charge is 0.366 e. The van der Waals surface area contributed by atoms with E-state index in [-0.39, 0.29) is 11.4 Å². The monoisotopic (exact) mass is 342 g/mol. The Labute approximate surface area is 141 Å². The van der Waals surface area contributed by atoms with Gasteiger partial charge in [-0.05, 0) is 61.4 Å². The van der Waals surface area contributed by atoms with Crippen LogP contribution < -0.4 is 10.5 Å². The number of carbonyl (C=O) groups is 1. The lowest BCUT2D eigenvalue weighted by molar-refractivity contribution is 0.100. The first kappa shape index (κ1) is 17.7. The molecule has 0 aliphatic rings. The molecule has 124 valence electrons. The number of nitrogens with one attached hydrogen (secondary N) is 1. The minimum atomic E-state index is -3.59. The third kappa shape index (κ3) is 4.44. The smallest absolute Gasteiger partial charge is 0.248 e. The Balaban J connectivity index is 2.03. The first-order valence-corrected chi connectivity index (χ1v) is 8.73. The fraction of sp³-hybridized carbons (Fsp3) is 0.167. The number of hydrogen-bond donors (Lipinski definition) is 2. The molecule has 0 heterocycles. The zero-order chi connectivity index (χ0) is 17.7. The Morgan fingerprint density at radius 3 is 2.33 bits per heavy atom. The second-order valence-corrected chi connectivity index (χ2v) is 7.08. The minimum Gasteiger partial charge on any atom is -0.366 e. The Hall–Kier alpha value is -2.62. The zero-order valence-corrected chi connectivity index (χ0v) is 14.3. The second-order valence-electron chi connectivity index (χ2n) is 5.31. The van der Waals surface area contributed by atoms with E-state index in [1.807, 2.05) is 13.8 Å². The molecule has 2 aromatic carbocycles. The number of primary amides is 1. The summed E-state index contributed by atoms with van der Waals surface area (Å²) in [6.07, 6.45) is 0. The van der Waals surface area contributed by atoms with Gasteiger partial charge in [-0.2, -0.15) is 4.72 Å². The van der Waals surface area contributed by atoms with Gasteiger partial charge in [0.05, 0.1) is 11.4 Å². The summed E-state index contributed by atoms with van der Waals surface area (Å²) < 4.78 is 26.8. The number of rotatable bonds is 4. The maximum absolute atomic E-state index is 12.2. The van der Waals surface area contributed by atoms with E-state index in [1.165, 1.54) is 0 Å². The molecule has 0 aliphatic heterocycles. The lowest BCUT2D eigenvalue weighted by atomic mass is 10.1. The fourth-order valence-corrected chi connectivity index (χ4v) is 2.97. The molecule has 6 heteroatoms. The van der Waals surface area contributed by atoms with Crippen molar-refractivity contribution in [2.45, 2.75) is 18.7 Å². The summed E-state index contributed by atoms with van der Waals surface area (Å²) in [6, 6.07) is 11.4. The molecular weight excluding hydrogens is 324 g/mol. The highest BCUT2D eigenvalue weighted by Crippen LogP contribution is 2.14. The Bertz CT molecular complexity index is 921. The van der Waals surface area contributed by atoms with Crippen LogP contribution in [0.2, 0.25) is 0 Å². The van der Waals surface area contributed by atoms with Crippen LogP contribution in [0.4, 0.5) is 0 Å². The van der Waals surface area contributed by atoms with Crippen molar-refractivity contribution in [3.63, 3.8) is 0 Å². The molecule has 0 radical (unpaired) electrons. The lowest BCUT2D eigenvalue weighted by Crippen LogP contribution is -2.24. The summed E-state index contributed by atoms with van der Waals surface area (Å²) in [5.74, 6) is 5.07. The number of carbonyl (C=O) groups excluding carboxylic acids is 1. The van der Waals surface area contributed by atoms with Gasteiger partial charge in [0.1, 0.15) is 0 Å². The highest BCUT2D eigenvalue weighted by atomic mass is 32.2. The highest BCUT2D eigenvalue weighted by molar-refractivity contribution is 7.89. The molecule has 24 heavy (non-hydrogen) atoms. The van der Waals surface area contributed by atoms with Gasteiger partial charge in [0.2, 0.25) is 15.9 Å². The molecule has 2 rings (SSSR count). The molecule has 3 N–H and O–H groups in total.